The summed E-state index contributed by atoms with van der Waals surface area (Å²) in [5, 5.41) is 9.16. The lowest BCUT2D eigenvalue weighted by Crippen LogP contribution is -2.37. The van der Waals surface area contributed by atoms with Crippen molar-refractivity contribution in [1.29, 1.82) is 0 Å². The van der Waals surface area contributed by atoms with E-state index in [1.165, 1.54) is 19.4 Å². The zero-order valence-corrected chi connectivity index (χ0v) is 16.1. The molecular weight excluding hydrogens is 342 g/mol. The number of hydrogen-bond acceptors (Lipinski definition) is 4. The fourth-order valence-electron chi connectivity index (χ4n) is 3.18. The van der Waals surface area contributed by atoms with Crippen LogP contribution in [0.15, 0.2) is 48.5 Å². The Kier molecular flexibility index (Phi) is 5.82. The Hall–Kier alpha value is -2.37. The summed E-state index contributed by atoms with van der Waals surface area (Å²) in [7, 11) is 0. The summed E-state index contributed by atoms with van der Waals surface area (Å²) in [5.41, 5.74) is 2.24. The van der Waals surface area contributed by atoms with Crippen molar-refractivity contribution in [2.75, 3.05) is 26.3 Å². The Morgan fingerprint density at radius 2 is 1.56 bits per heavy atom. The predicted molar refractivity (Wildman–Crippen MR) is 105 cm³/mol. The molecular formula is C22H27NO4. The van der Waals surface area contributed by atoms with Crippen molar-refractivity contribution in [1.82, 2.24) is 4.90 Å². The van der Waals surface area contributed by atoms with Gasteiger partial charge in [0, 0.05) is 19.1 Å². The number of nitrogens with zero attached hydrogens (tertiary/aromatic N) is 1. The Balaban J connectivity index is 1.69. The molecule has 0 spiro atoms. The maximum Gasteiger partial charge on any atom is 0.347 e. The van der Waals surface area contributed by atoms with Gasteiger partial charge >= 0.3 is 5.97 Å². The highest BCUT2D eigenvalue weighted by atomic mass is 16.5. The van der Waals surface area contributed by atoms with Crippen molar-refractivity contribution in [3.8, 4) is 16.9 Å². The Morgan fingerprint density at radius 1 is 1.04 bits per heavy atom. The molecule has 1 aliphatic rings. The van der Waals surface area contributed by atoms with Crippen molar-refractivity contribution in [2.24, 2.45) is 0 Å². The van der Waals surface area contributed by atoms with Crippen LogP contribution in [0, 0.1) is 0 Å². The SMILES string of the molecule is CC(c1ccc(-c2ccc(OC(C)(C)C(=O)O)cc2)cc1)N1CCOCC1. The second-order valence-electron chi connectivity index (χ2n) is 7.39. The van der Waals surface area contributed by atoms with Crippen LogP contribution in [0.4, 0.5) is 0 Å². The van der Waals surface area contributed by atoms with Crippen LogP contribution in [0.1, 0.15) is 32.4 Å². The number of benzene rings is 2. The summed E-state index contributed by atoms with van der Waals surface area (Å²) in [4.78, 5) is 13.6. The summed E-state index contributed by atoms with van der Waals surface area (Å²) in [6, 6.07) is 16.5. The van der Waals surface area contributed by atoms with Crippen LogP contribution >= 0.6 is 0 Å². The number of aliphatic carboxylic acids is 1. The first-order valence-corrected chi connectivity index (χ1v) is 9.31. The third kappa shape index (κ3) is 4.67. The molecule has 2 aromatic rings. The second kappa shape index (κ2) is 8.11. The van der Waals surface area contributed by atoms with Gasteiger partial charge in [-0.1, -0.05) is 36.4 Å². The normalized spacial score (nSPS) is 16.7. The van der Waals surface area contributed by atoms with Crippen LogP contribution in [0.5, 0.6) is 5.75 Å². The lowest BCUT2D eigenvalue weighted by Gasteiger charge is -2.32. The van der Waals surface area contributed by atoms with E-state index in [1.54, 1.807) is 0 Å². The van der Waals surface area contributed by atoms with Crippen molar-refractivity contribution in [2.45, 2.75) is 32.4 Å². The highest BCUT2D eigenvalue weighted by Crippen LogP contribution is 2.27. The number of carbonyl (C=O) groups is 1. The lowest BCUT2D eigenvalue weighted by atomic mass is 10.0. The van der Waals surface area contributed by atoms with Crippen LogP contribution in [0.2, 0.25) is 0 Å². The fraction of sp³-hybridized carbons (Fsp3) is 0.409. The van der Waals surface area contributed by atoms with Gasteiger partial charge in [-0.25, -0.2) is 4.79 Å². The lowest BCUT2D eigenvalue weighted by molar-refractivity contribution is -0.152. The number of carboxylic acids is 1. The molecule has 0 saturated carbocycles. The maximum atomic E-state index is 11.2. The quantitative estimate of drug-likeness (QED) is 0.834. The van der Waals surface area contributed by atoms with Gasteiger partial charge in [0.1, 0.15) is 5.75 Å². The first-order valence-electron chi connectivity index (χ1n) is 9.31. The maximum absolute atomic E-state index is 11.2. The van der Waals surface area contributed by atoms with Gasteiger partial charge in [0.15, 0.2) is 5.60 Å². The van der Waals surface area contributed by atoms with Crippen LogP contribution in [-0.2, 0) is 9.53 Å². The number of hydrogen-bond donors (Lipinski definition) is 1. The van der Waals surface area contributed by atoms with Gasteiger partial charge in [-0.3, -0.25) is 4.90 Å². The highest BCUT2D eigenvalue weighted by Gasteiger charge is 2.29. The number of rotatable bonds is 6. The molecule has 0 radical (unpaired) electrons. The molecule has 0 bridgehead atoms. The Labute approximate surface area is 160 Å². The molecule has 1 atom stereocenters. The van der Waals surface area contributed by atoms with Crippen molar-refractivity contribution in [3.63, 3.8) is 0 Å². The molecule has 144 valence electrons. The summed E-state index contributed by atoms with van der Waals surface area (Å²) >= 11 is 0. The van der Waals surface area contributed by atoms with Gasteiger partial charge in [-0.05, 0) is 49.6 Å². The van der Waals surface area contributed by atoms with E-state index in [0.717, 1.165) is 37.4 Å². The molecule has 3 rings (SSSR count). The van der Waals surface area contributed by atoms with Gasteiger partial charge in [-0.2, -0.15) is 0 Å². The summed E-state index contributed by atoms with van der Waals surface area (Å²) < 4.78 is 11.0. The minimum absolute atomic E-state index is 0.372. The Morgan fingerprint density at radius 3 is 2.07 bits per heavy atom. The van der Waals surface area contributed by atoms with E-state index in [-0.39, 0.29) is 0 Å². The zero-order chi connectivity index (χ0) is 19.4. The van der Waals surface area contributed by atoms with Crippen molar-refractivity contribution < 1.29 is 19.4 Å². The second-order valence-corrected chi connectivity index (χ2v) is 7.39. The number of ether oxygens (including phenoxy) is 2. The van der Waals surface area contributed by atoms with Crippen LogP contribution in [0.25, 0.3) is 11.1 Å². The zero-order valence-electron chi connectivity index (χ0n) is 16.1. The largest absolute Gasteiger partial charge is 0.478 e. The minimum Gasteiger partial charge on any atom is -0.478 e. The van der Waals surface area contributed by atoms with Gasteiger partial charge in [0.2, 0.25) is 0 Å². The molecule has 27 heavy (non-hydrogen) atoms. The molecule has 5 heteroatoms. The van der Waals surface area contributed by atoms with Gasteiger partial charge in [0.05, 0.1) is 13.2 Å². The number of morpholine rings is 1. The molecule has 2 aromatic carbocycles. The van der Waals surface area contributed by atoms with E-state index >= 15 is 0 Å². The van der Waals surface area contributed by atoms with Crippen LogP contribution in [-0.4, -0.2) is 47.9 Å². The van der Waals surface area contributed by atoms with Crippen molar-refractivity contribution >= 4 is 5.97 Å². The average Bonchev–Trinajstić information content (AvgIpc) is 2.68. The molecule has 1 unspecified atom stereocenters. The monoisotopic (exact) mass is 369 g/mol. The van der Waals surface area contributed by atoms with E-state index in [2.05, 4.69) is 36.1 Å². The third-order valence-corrected chi connectivity index (χ3v) is 5.06. The van der Waals surface area contributed by atoms with E-state index in [9.17, 15) is 4.79 Å². The summed E-state index contributed by atoms with van der Waals surface area (Å²) in [6.45, 7) is 8.85. The van der Waals surface area contributed by atoms with E-state index < -0.39 is 11.6 Å². The van der Waals surface area contributed by atoms with E-state index in [4.69, 9.17) is 14.6 Å². The van der Waals surface area contributed by atoms with Gasteiger partial charge < -0.3 is 14.6 Å². The fourth-order valence-corrected chi connectivity index (χ4v) is 3.18. The molecule has 5 nitrogen and oxygen atoms in total. The molecule has 1 saturated heterocycles. The topological polar surface area (TPSA) is 59.0 Å². The first-order chi connectivity index (χ1) is 12.9. The predicted octanol–water partition coefficient (Wildman–Crippen LogP) is 3.99. The van der Waals surface area contributed by atoms with Crippen LogP contribution in [0.3, 0.4) is 0 Å². The molecule has 0 amide bonds. The molecule has 1 heterocycles. The summed E-state index contributed by atoms with van der Waals surface area (Å²) in [6.07, 6.45) is 0. The first kappa shape index (κ1) is 19.4. The molecule has 1 N–H and O–H groups in total. The highest BCUT2D eigenvalue weighted by molar-refractivity contribution is 5.76. The average molecular weight is 369 g/mol. The molecule has 1 fully saturated rings. The Bertz CT molecular complexity index is 762. The number of carboxylic acid groups (broad SMARTS) is 1. The minimum atomic E-state index is -1.25. The van der Waals surface area contributed by atoms with Crippen LogP contribution < -0.4 is 4.74 Å². The molecule has 0 aromatic heterocycles. The molecule has 1 aliphatic heterocycles. The van der Waals surface area contributed by atoms with E-state index in [1.807, 2.05) is 24.3 Å². The van der Waals surface area contributed by atoms with Crippen molar-refractivity contribution in [3.05, 3.63) is 54.1 Å². The third-order valence-electron chi connectivity index (χ3n) is 5.06. The van der Waals surface area contributed by atoms with Gasteiger partial charge in [-0.15, -0.1) is 0 Å². The van der Waals surface area contributed by atoms with E-state index in [0.29, 0.717) is 11.8 Å². The summed E-state index contributed by atoms with van der Waals surface area (Å²) in [5.74, 6) is -0.444. The smallest absolute Gasteiger partial charge is 0.347 e. The standard InChI is InChI=1S/C22H27NO4/c1-16(23-12-14-26-15-13-23)17-4-6-18(7-5-17)19-8-10-20(11-9-19)27-22(2,3)21(24)25/h4-11,16H,12-15H2,1-3H3,(H,24,25). The van der Waals surface area contributed by atoms with Gasteiger partial charge in [0.25, 0.3) is 0 Å². The molecule has 0 aliphatic carbocycles.